The fraction of sp³-hybridized carbons (Fsp3) is 0.382. The van der Waals surface area contributed by atoms with Crippen LogP contribution in [0.5, 0.6) is 0 Å². The summed E-state index contributed by atoms with van der Waals surface area (Å²) in [6.07, 6.45) is 9.96. The molecule has 3 aromatic rings. The molecule has 4 N–H and O–H groups in total. The Bertz CT molecular complexity index is 1530. The SMILES string of the molecule is C=C(NC1CCC2C(C)=C(CC)C=CC12)c1cc(C(=O)NCc2ccc(F)cc2)nc2c(F)cnn12.C=CN.CC(C)(C)F. The van der Waals surface area contributed by atoms with Crippen LogP contribution in [-0.2, 0) is 6.54 Å². The van der Waals surface area contributed by atoms with Gasteiger partial charge >= 0.3 is 0 Å². The van der Waals surface area contributed by atoms with Crippen molar-refractivity contribution in [2.45, 2.75) is 72.1 Å². The molecule has 2 heterocycles. The van der Waals surface area contributed by atoms with Gasteiger partial charge in [0, 0.05) is 18.5 Å². The minimum Gasteiger partial charge on any atom is -0.405 e. The van der Waals surface area contributed by atoms with E-state index in [1.165, 1.54) is 54.8 Å². The Morgan fingerprint density at radius 2 is 1.84 bits per heavy atom. The van der Waals surface area contributed by atoms with Gasteiger partial charge in [-0.2, -0.15) is 5.10 Å². The molecule has 3 atom stereocenters. The highest BCUT2D eigenvalue weighted by atomic mass is 19.1. The highest BCUT2D eigenvalue weighted by Crippen LogP contribution is 2.43. The molecule has 1 fully saturated rings. The number of fused-ring (bicyclic) bond motifs is 2. The molecule has 0 saturated heterocycles. The summed E-state index contributed by atoms with van der Waals surface area (Å²) in [4.78, 5) is 17.1. The molecule has 2 aromatic heterocycles. The van der Waals surface area contributed by atoms with E-state index in [0.29, 0.717) is 23.2 Å². The molecule has 1 saturated carbocycles. The zero-order valence-electron chi connectivity index (χ0n) is 26.1. The molecule has 3 unspecified atom stereocenters. The van der Waals surface area contributed by atoms with Crippen molar-refractivity contribution in [1.82, 2.24) is 25.2 Å². The molecule has 10 heteroatoms. The summed E-state index contributed by atoms with van der Waals surface area (Å²) in [5.74, 6) is -0.593. The molecule has 1 aromatic carbocycles. The number of hydrogen-bond acceptors (Lipinski definition) is 5. The van der Waals surface area contributed by atoms with Crippen LogP contribution in [0.2, 0.25) is 0 Å². The third kappa shape index (κ3) is 8.84. The summed E-state index contributed by atoms with van der Waals surface area (Å²) in [5, 5.41) is 10.4. The number of carbonyl (C=O) groups is 1. The number of alkyl halides is 1. The van der Waals surface area contributed by atoms with Gasteiger partial charge in [-0.25, -0.2) is 22.7 Å². The Morgan fingerprint density at radius 3 is 2.45 bits per heavy atom. The van der Waals surface area contributed by atoms with Crippen LogP contribution in [0, 0.1) is 23.5 Å². The largest absolute Gasteiger partial charge is 0.405 e. The normalized spacial score (nSPS) is 18.9. The standard InChI is InChI=1S/C28H29F2N5O.C4H9F.C2H5N/c1-4-19-7-10-22-21(16(19)2)11-12-24(22)33-17(3)26-13-25(34-27-23(30)15-32-35(26)27)28(36)31-14-18-5-8-20(29)9-6-18;1-4(2,3)5;1-2-3/h5-10,13,15,21-22,24,33H,3-4,11-12,14H2,1-2H3,(H,31,36);1-3H3;2H,1,3H2. The van der Waals surface area contributed by atoms with E-state index in [-0.39, 0.29) is 29.7 Å². The van der Waals surface area contributed by atoms with Crippen molar-refractivity contribution >= 4 is 17.3 Å². The maximum absolute atomic E-state index is 14.5. The Morgan fingerprint density at radius 1 is 1.20 bits per heavy atom. The van der Waals surface area contributed by atoms with Crippen LogP contribution in [0.25, 0.3) is 11.3 Å². The molecule has 2 aliphatic rings. The quantitative estimate of drug-likeness (QED) is 0.268. The predicted molar refractivity (Wildman–Crippen MR) is 170 cm³/mol. The third-order valence-corrected chi connectivity index (χ3v) is 7.38. The molecule has 44 heavy (non-hydrogen) atoms. The molecule has 0 bridgehead atoms. The van der Waals surface area contributed by atoms with E-state index >= 15 is 0 Å². The number of nitrogens with two attached hydrogens (primary N) is 1. The Kier molecular flexibility index (Phi) is 11.6. The van der Waals surface area contributed by atoms with E-state index in [4.69, 9.17) is 0 Å². The van der Waals surface area contributed by atoms with Crippen LogP contribution in [0.4, 0.5) is 13.2 Å². The molecular weight excluding hydrogens is 565 g/mol. The number of hydrogen-bond donors (Lipinski definition) is 3. The second-order valence-corrected chi connectivity index (χ2v) is 11.8. The molecule has 0 radical (unpaired) electrons. The highest BCUT2D eigenvalue weighted by Gasteiger charge is 2.38. The fourth-order valence-corrected chi connectivity index (χ4v) is 5.40. The average molecular weight is 609 g/mol. The zero-order chi connectivity index (χ0) is 32.6. The van der Waals surface area contributed by atoms with Crippen molar-refractivity contribution in [3.05, 3.63) is 108 Å². The molecule has 7 nitrogen and oxygen atoms in total. The van der Waals surface area contributed by atoms with Crippen molar-refractivity contribution < 1.29 is 18.0 Å². The maximum atomic E-state index is 14.5. The van der Waals surface area contributed by atoms with Gasteiger partial charge in [-0.1, -0.05) is 49.9 Å². The predicted octanol–water partition coefficient (Wildman–Crippen LogP) is 7.03. The first-order chi connectivity index (χ1) is 20.8. The zero-order valence-corrected chi connectivity index (χ0v) is 26.1. The first-order valence-electron chi connectivity index (χ1n) is 14.7. The Balaban J connectivity index is 0.000000592. The number of rotatable bonds is 7. The maximum Gasteiger partial charge on any atom is 0.270 e. The van der Waals surface area contributed by atoms with Gasteiger partial charge in [-0.15, -0.1) is 0 Å². The van der Waals surface area contributed by atoms with Gasteiger partial charge in [-0.05, 0) is 88.4 Å². The topological polar surface area (TPSA) is 97.3 Å². The number of nitrogens with zero attached hydrogens (tertiary/aromatic N) is 3. The summed E-state index contributed by atoms with van der Waals surface area (Å²) in [5.41, 5.74) is 8.25. The number of allylic oxidation sites excluding steroid dienone is 3. The van der Waals surface area contributed by atoms with E-state index in [2.05, 4.69) is 65.6 Å². The number of nitrogens with one attached hydrogen (secondary N) is 2. The van der Waals surface area contributed by atoms with Crippen molar-refractivity contribution in [3.8, 4) is 0 Å². The molecule has 0 spiro atoms. The lowest BCUT2D eigenvalue weighted by molar-refractivity contribution is 0.0946. The minimum absolute atomic E-state index is 0.0457. The lowest BCUT2D eigenvalue weighted by Gasteiger charge is -2.29. The second kappa shape index (κ2) is 14.9. The summed E-state index contributed by atoms with van der Waals surface area (Å²) in [6.45, 7) is 16.5. The van der Waals surface area contributed by atoms with Crippen molar-refractivity contribution in [2.24, 2.45) is 17.6 Å². The molecule has 236 valence electrons. The smallest absolute Gasteiger partial charge is 0.270 e. The average Bonchev–Trinajstić information content (AvgIpc) is 3.55. The lowest BCUT2D eigenvalue weighted by Crippen LogP contribution is -2.34. The van der Waals surface area contributed by atoms with Crippen LogP contribution < -0.4 is 16.4 Å². The minimum atomic E-state index is -1.00. The van der Waals surface area contributed by atoms with Crippen molar-refractivity contribution in [3.63, 3.8) is 0 Å². The molecule has 5 rings (SSSR count). The number of aromatic nitrogens is 3. The molecule has 1 amide bonds. The third-order valence-electron chi connectivity index (χ3n) is 7.38. The summed E-state index contributed by atoms with van der Waals surface area (Å²) < 4.78 is 40.7. The fourth-order valence-electron chi connectivity index (χ4n) is 5.40. The lowest BCUT2D eigenvalue weighted by atomic mass is 9.80. The molecular formula is C34H43F3N6O. The van der Waals surface area contributed by atoms with E-state index in [0.717, 1.165) is 31.0 Å². The number of amides is 1. The van der Waals surface area contributed by atoms with E-state index in [1.54, 1.807) is 18.2 Å². The van der Waals surface area contributed by atoms with Crippen LogP contribution in [0.1, 0.15) is 75.6 Å². The first kappa shape index (κ1) is 34.2. The van der Waals surface area contributed by atoms with Gasteiger partial charge in [0.15, 0.2) is 11.5 Å². The monoisotopic (exact) mass is 608 g/mol. The molecule has 2 aliphatic carbocycles. The highest BCUT2D eigenvalue weighted by molar-refractivity contribution is 5.93. The summed E-state index contributed by atoms with van der Waals surface area (Å²) >= 11 is 0. The van der Waals surface area contributed by atoms with Gasteiger partial charge in [-0.3, -0.25) is 4.79 Å². The van der Waals surface area contributed by atoms with E-state index in [9.17, 15) is 18.0 Å². The van der Waals surface area contributed by atoms with Crippen LogP contribution in [0.15, 0.2) is 79.2 Å². The van der Waals surface area contributed by atoms with Crippen LogP contribution >= 0.6 is 0 Å². The van der Waals surface area contributed by atoms with Crippen molar-refractivity contribution in [1.29, 1.82) is 0 Å². The van der Waals surface area contributed by atoms with Crippen LogP contribution in [0.3, 0.4) is 0 Å². The summed E-state index contributed by atoms with van der Waals surface area (Å²) in [7, 11) is 0. The molecule has 0 aliphatic heterocycles. The summed E-state index contributed by atoms with van der Waals surface area (Å²) in [6, 6.07) is 7.58. The van der Waals surface area contributed by atoms with Gasteiger partial charge in [0.1, 0.15) is 17.2 Å². The Hall–Kier alpha value is -4.34. The van der Waals surface area contributed by atoms with Gasteiger partial charge in [0.25, 0.3) is 5.91 Å². The van der Waals surface area contributed by atoms with Gasteiger partial charge in [0.2, 0.25) is 0 Å². The number of benzene rings is 1. The van der Waals surface area contributed by atoms with E-state index in [1.807, 2.05) is 0 Å². The van der Waals surface area contributed by atoms with Crippen molar-refractivity contribution in [2.75, 3.05) is 0 Å². The van der Waals surface area contributed by atoms with E-state index < -0.39 is 17.4 Å². The Labute approximate surface area is 257 Å². The van der Waals surface area contributed by atoms with Gasteiger partial charge in [0.05, 0.1) is 17.6 Å². The number of carbonyl (C=O) groups excluding carboxylic acids is 1. The number of halogens is 3. The first-order valence-corrected chi connectivity index (χ1v) is 14.7. The van der Waals surface area contributed by atoms with Crippen LogP contribution in [-0.4, -0.2) is 32.2 Å². The second-order valence-electron chi connectivity index (χ2n) is 11.8. The van der Waals surface area contributed by atoms with Gasteiger partial charge < -0.3 is 16.4 Å².